The zero-order chi connectivity index (χ0) is 20.1. The van der Waals surface area contributed by atoms with Crippen LogP contribution in [0.15, 0.2) is 65.3 Å². The van der Waals surface area contributed by atoms with E-state index in [4.69, 9.17) is 4.42 Å². The molecule has 0 radical (unpaired) electrons. The first kappa shape index (κ1) is 18.8. The summed E-state index contributed by atoms with van der Waals surface area (Å²) in [6, 6.07) is 14.6. The number of anilines is 2. The van der Waals surface area contributed by atoms with Gasteiger partial charge in [-0.25, -0.2) is 0 Å². The SMILES string of the molecule is CC(=O)c1ccc(NCc2cccc(NC(=O)c3ccco3)c2)c([N+](=O)[O-])c1. The van der Waals surface area contributed by atoms with Gasteiger partial charge in [0.2, 0.25) is 0 Å². The third-order valence-corrected chi connectivity index (χ3v) is 4.01. The maximum absolute atomic E-state index is 12.0. The number of carbonyl (C=O) groups is 2. The van der Waals surface area contributed by atoms with Crippen LogP contribution in [0.1, 0.15) is 33.4 Å². The van der Waals surface area contributed by atoms with Crippen molar-refractivity contribution in [1.82, 2.24) is 0 Å². The molecule has 3 aromatic rings. The average molecular weight is 379 g/mol. The Morgan fingerprint density at radius 1 is 1.11 bits per heavy atom. The maximum Gasteiger partial charge on any atom is 0.293 e. The van der Waals surface area contributed by atoms with E-state index in [2.05, 4.69) is 10.6 Å². The first-order chi connectivity index (χ1) is 13.4. The molecule has 0 saturated heterocycles. The normalized spacial score (nSPS) is 10.3. The van der Waals surface area contributed by atoms with Gasteiger partial charge in [0, 0.05) is 23.9 Å². The van der Waals surface area contributed by atoms with Crippen LogP contribution in [0.4, 0.5) is 17.1 Å². The van der Waals surface area contributed by atoms with Crippen LogP contribution in [0, 0.1) is 10.1 Å². The van der Waals surface area contributed by atoms with Gasteiger partial charge in [-0.15, -0.1) is 0 Å². The number of nitro benzene ring substituents is 1. The summed E-state index contributed by atoms with van der Waals surface area (Å²) in [4.78, 5) is 34.2. The van der Waals surface area contributed by atoms with Crippen LogP contribution in [0.2, 0.25) is 0 Å². The summed E-state index contributed by atoms with van der Waals surface area (Å²) in [5.41, 5.74) is 1.79. The summed E-state index contributed by atoms with van der Waals surface area (Å²) in [5, 5.41) is 17.0. The summed E-state index contributed by atoms with van der Waals surface area (Å²) >= 11 is 0. The molecule has 2 aromatic carbocycles. The summed E-state index contributed by atoms with van der Waals surface area (Å²) in [6.45, 7) is 1.65. The van der Waals surface area contributed by atoms with E-state index in [9.17, 15) is 19.7 Å². The maximum atomic E-state index is 12.0. The Bertz CT molecular complexity index is 1030. The van der Waals surface area contributed by atoms with Gasteiger partial charge in [-0.2, -0.15) is 0 Å². The quantitative estimate of drug-likeness (QED) is 0.360. The number of Topliss-reactive ketones (excluding diaryl/α,β-unsaturated/α-hetero) is 1. The largest absolute Gasteiger partial charge is 0.459 e. The van der Waals surface area contributed by atoms with E-state index in [0.29, 0.717) is 17.9 Å². The van der Waals surface area contributed by atoms with Crippen molar-refractivity contribution in [1.29, 1.82) is 0 Å². The third kappa shape index (κ3) is 4.42. The predicted molar refractivity (Wildman–Crippen MR) is 104 cm³/mol. The molecule has 0 aliphatic carbocycles. The van der Waals surface area contributed by atoms with Gasteiger partial charge < -0.3 is 15.1 Å². The van der Waals surface area contributed by atoms with Crippen LogP contribution >= 0.6 is 0 Å². The van der Waals surface area contributed by atoms with E-state index in [1.54, 1.807) is 30.3 Å². The Hall–Kier alpha value is -3.94. The molecule has 0 aliphatic heterocycles. The molecule has 0 fully saturated rings. The lowest BCUT2D eigenvalue weighted by Crippen LogP contribution is -2.11. The number of ketones is 1. The molecule has 3 rings (SSSR count). The minimum absolute atomic E-state index is 0.171. The first-order valence-corrected chi connectivity index (χ1v) is 8.41. The number of nitrogens with one attached hydrogen (secondary N) is 2. The second-order valence-electron chi connectivity index (χ2n) is 6.03. The van der Waals surface area contributed by atoms with E-state index in [1.165, 1.54) is 31.4 Å². The Morgan fingerprint density at radius 2 is 1.93 bits per heavy atom. The molecule has 2 N–H and O–H groups in total. The lowest BCUT2D eigenvalue weighted by Gasteiger charge is -2.10. The van der Waals surface area contributed by atoms with Gasteiger partial charge in [0.15, 0.2) is 11.5 Å². The monoisotopic (exact) mass is 379 g/mol. The second-order valence-corrected chi connectivity index (χ2v) is 6.03. The number of carbonyl (C=O) groups excluding carboxylic acids is 2. The Balaban J connectivity index is 1.72. The van der Waals surface area contributed by atoms with Gasteiger partial charge in [-0.1, -0.05) is 12.1 Å². The lowest BCUT2D eigenvalue weighted by molar-refractivity contribution is -0.384. The van der Waals surface area contributed by atoms with Crippen molar-refractivity contribution < 1.29 is 18.9 Å². The molecule has 0 spiro atoms. The molecular weight excluding hydrogens is 362 g/mol. The number of nitro groups is 1. The molecule has 0 unspecified atom stereocenters. The minimum atomic E-state index is -0.533. The van der Waals surface area contributed by atoms with Crippen molar-refractivity contribution in [3.05, 3.63) is 87.9 Å². The molecule has 1 amide bonds. The van der Waals surface area contributed by atoms with E-state index in [0.717, 1.165) is 5.56 Å². The van der Waals surface area contributed by atoms with E-state index < -0.39 is 4.92 Å². The van der Waals surface area contributed by atoms with Crippen molar-refractivity contribution in [2.75, 3.05) is 10.6 Å². The van der Waals surface area contributed by atoms with Crippen LogP contribution < -0.4 is 10.6 Å². The molecule has 8 heteroatoms. The van der Waals surface area contributed by atoms with Gasteiger partial charge >= 0.3 is 0 Å². The van der Waals surface area contributed by atoms with Gasteiger partial charge in [0.25, 0.3) is 11.6 Å². The van der Waals surface area contributed by atoms with Crippen LogP contribution in [0.25, 0.3) is 0 Å². The highest BCUT2D eigenvalue weighted by Crippen LogP contribution is 2.26. The van der Waals surface area contributed by atoms with Gasteiger partial charge in [0.1, 0.15) is 5.69 Å². The molecule has 1 aromatic heterocycles. The minimum Gasteiger partial charge on any atom is -0.459 e. The molecule has 142 valence electrons. The number of rotatable bonds is 7. The average Bonchev–Trinajstić information content (AvgIpc) is 3.21. The summed E-state index contributed by atoms with van der Waals surface area (Å²) in [7, 11) is 0. The number of hydrogen-bond acceptors (Lipinski definition) is 6. The topological polar surface area (TPSA) is 114 Å². The molecule has 1 heterocycles. The van der Waals surface area contributed by atoms with Crippen LogP contribution in [0.3, 0.4) is 0 Å². The molecule has 0 saturated carbocycles. The fraction of sp³-hybridized carbons (Fsp3) is 0.100. The van der Waals surface area contributed by atoms with Crippen molar-refractivity contribution >= 4 is 28.8 Å². The van der Waals surface area contributed by atoms with E-state index >= 15 is 0 Å². The Morgan fingerprint density at radius 3 is 2.61 bits per heavy atom. The van der Waals surface area contributed by atoms with Crippen LogP contribution in [0.5, 0.6) is 0 Å². The van der Waals surface area contributed by atoms with E-state index in [1.807, 2.05) is 6.07 Å². The number of nitrogens with zero attached hydrogens (tertiary/aromatic N) is 1. The molecular formula is C20H17N3O5. The summed E-state index contributed by atoms with van der Waals surface area (Å²) < 4.78 is 5.05. The van der Waals surface area contributed by atoms with Crippen molar-refractivity contribution in [2.24, 2.45) is 0 Å². The summed E-state index contributed by atoms with van der Waals surface area (Å²) in [6.07, 6.45) is 1.42. The van der Waals surface area contributed by atoms with Crippen molar-refractivity contribution in [2.45, 2.75) is 13.5 Å². The van der Waals surface area contributed by atoms with Crippen LogP contribution in [-0.2, 0) is 6.54 Å². The molecule has 8 nitrogen and oxygen atoms in total. The van der Waals surface area contributed by atoms with E-state index in [-0.39, 0.29) is 28.7 Å². The highest BCUT2D eigenvalue weighted by molar-refractivity contribution is 6.02. The first-order valence-electron chi connectivity index (χ1n) is 8.41. The molecule has 0 bridgehead atoms. The molecule has 0 atom stereocenters. The van der Waals surface area contributed by atoms with Gasteiger partial charge in [0.05, 0.1) is 11.2 Å². The fourth-order valence-electron chi connectivity index (χ4n) is 2.61. The highest BCUT2D eigenvalue weighted by atomic mass is 16.6. The second kappa shape index (κ2) is 8.17. The summed E-state index contributed by atoms with van der Waals surface area (Å²) in [5.74, 6) is -0.412. The molecule has 0 aliphatic rings. The third-order valence-electron chi connectivity index (χ3n) is 4.01. The van der Waals surface area contributed by atoms with Gasteiger partial charge in [-0.3, -0.25) is 19.7 Å². The Labute approximate surface area is 160 Å². The molecule has 28 heavy (non-hydrogen) atoms. The van der Waals surface area contributed by atoms with Gasteiger partial charge in [-0.05, 0) is 48.9 Å². The number of amides is 1. The van der Waals surface area contributed by atoms with Crippen molar-refractivity contribution in [3.63, 3.8) is 0 Å². The highest BCUT2D eigenvalue weighted by Gasteiger charge is 2.16. The lowest BCUT2D eigenvalue weighted by atomic mass is 10.1. The zero-order valence-corrected chi connectivity index (χ0v) is 15.0. The fourth-order valence-corrected chi connectivity index (χ4v) is 2.61. The number of hydrogen-bond donors (Lipinski definition) is 2. The van der Waals surface area contributed by atoms with Crippen molar-refractivity contribution in [3.8, 4) is 0 Å². The Kier molecular flexibility index (Phi) is 5.50. The predicted octanol–water partition coefficient (Wildman–Crippen LogP) is 4.25. The standard InChI is InChI=1S/C20H17N3O5/c1-13(24)15-7-8-17(18(11-15)23(26)27)21-12-14-4-2-5-16(10-14)22-20(25)19-6-3-9-28-19/h2-11,21H,12H2,1H3,(H,22,25). The van der Waals surface area contributed by atoms with Crippen LogP contribution in [-0.4, -0.2) is 16.6 Å². The smallest absolute Gasteiger partial charge is 0.293 e. The number of furan rings is 1. The number of benzene rings is 2. The zero-order valence-electron chi connectivity index (χ0n) is 15.0.